The van der Waals surface area contributed by atoms with Gasteiger partial charge in [-0.3, -0.25) is 9.78 Å². The minimum Gasteiger partial charge on any atom is -0.352 e. The van der Waals surface area contributed by atoms with E-state index in [1.54, 1.807) is 6.20 Å². The third-order valence-electron chi connectivity index (χ3n) is 3.86. The number of nitrogens with one attached hydrogen (secondary N) is 1. The lowest BCUT2D eigenvalue weighted by Crippen LogP contribution is -2.40. The average molecular weight is 284 g/mol. The first-order valence-corrected chi connectivity index (χ1v) is 7.50. The highest BCUT2D eigenvalue weighted by atomic mass is 16.1. The number of aryl methyl sites for hydroxylation is 2. The maximum absolute atomic E-state index is 12.0. The molecule has 1 unspecified atom stereocenters. The second kappa shape index (κ2) is 6.52. The Hall–Kier alpha value is -2.17. The molecule has 1 N–H and O–H groups in total. The molecule has 0 saturated carbocycles. The first-order valence-electron chi connectivity index (χ1n) is 7.50. The molecule has 1 aliphatic rings. The largest absolute Gasteiger partial charge is 0.352 e. The van der Waals surface area contributed by atoms with Gasteiger partial charge in [0.1, 0.15) is 5.82 Å². The molecule has 1 amide bonds. The quantitative estimate of drug-likeness (QED) is 0.909. The van der Waals surface area contributed by atoms with E-state index in [9.17, 15) is 4.79 Å². The number of hydrogen-bond donors (Lipinski definition) is 1. The molecule has 0 bridgehead atoms. The SMILES string of the molecule is O=C(CCCc1ccccn1)NC1CCc2nccn2C1. The number of carbonyl (C=O) groups is 1. The van der Waals surface area contributed by atoms with Crippen molar-refractivity contribution in [2.45, 2.75) is 44.7 Å². The number of fused-ring (bicyclic) bond motifs is 1. The van der Waals surface area contributed by atoms with Gasteiger partial charge in [0.15, 0.2) is 0 Å². The van der Waals surface area contributed by atoms with Crippen molar-refractivity contribution in [1.82, 2.24) is 19.9 Å². The van der Waals surface area contributed by atoms with Crippen LogP contribution in [0.2, 0.25) is 0 Å². The zero-order chi connectivity index (χ0) is 14.5. The summed E-state index contributed by atoms with van der Waals surface area (Å²) in [4.78, 5) is 20.6. The highest BCUT2D eigenvalue weighted by Gasteiger charge is 2.19. The number of carbonyl (C=O) groups excluding carboxylic acids is 1. The molecule has 0 saturated heterocycles. The fourth-order valence-corrected chi connectivity index (χ4v) is 2.76. The molecule has 0 aromatic carbocycles. The third-order valence-corrected chi connectivity index (χ3v) is 3.86. The number of pyridine rings is 1. The van der Waals surface area contributed by atoms with E-state index in [1.807, 2.05) is 30.6 Å². The Morgan fingerprint density at radius 3 is 3.14 bits per heavy atom. The van der Waals surface area contributed by atoms with Gasteiger partial charge >= 0.3 is 0 Å². The summed E-state index contributed by atoms with van der Waals surface area (Å²) in [6, 6.07) is 6.12. The van der Waals surface area contributed by atoms with Crippen LogP contribution in [0.3, 0.4) is 0 Å². The predicted octanol–water partition coefficient (Wildman–Crippen LogP) is 1.73. The Labute approximate surface area is 124 Å². The lowest BCUT2D eigenvalue weighted by atomic mass is 10.1. The van der Waals surface area contributed by atoms with Gasteiger partial charge in [-0.1, -0.05) is 6.07 Å². The van der Waals surface area contributed by atoms with Crippen LogP contribution in [0, 0.1) is 0 Å². The summed E-state index contributed by atoms with van der Waals surface area (Å²) in [7, 11) is 0. The number of rotatable bonds is 5. The fraction of sp³-hybridized carbons (Fsp3) is 0.438. The summed E-state index contributed by atoms with van der Waals surface area (Å²) in [6.45, 7) is 0.835. The maximum atomic E-state index is 12.0. The van der Waals surface area contributed by atoms with Crippen LogP contribution < -0.4 is 5.32 Å². The molecule has 0 spiro atoms. The van der Waals surface area contributed by atoms with Gasteiger partial charge < -0.3 is 9.88 Å². The van der Waals surface area contributed by atoms with Gasteiger partial charge in [0, 0.05) is 49.7 Å². The second-order valence-corrected chi connectivity index (χ2v) is 5.47. The molecule has 2 aromatic heterocycles. The molecule has 110 valence electrons. The lowest BCUT2D eigenvalue weighted by molar-refractivity contribution is -0.122. The summed E-state index contributed by atoms with van der Waals surface area (Å²) < 4.78 is 2.13. The van der Waals surface area contributed by atoms with E-state index in [2.05, 4.69) is 19.9 Å². The van der Waals surface area contributed by atoms with Crippen LogP contribution in [0.1, 0.15) is 30.8 Å². The van der Waals surface area contributed by atoms with E-state index in [1.165, 1.54) is 0 Å². The van der Waals surface area contributed by atoms with Crippen LogP contribution in [0.4, 0.5) is 0 Å². The van der Waals surface area contributed by atoms with Gasteiger partial charge in [-0.2, -0.15) is 0 Å². The van der Waals surface area contributed by atoms with Gasteiger partial charge in [0.25, 0.3) is 0 Å². The predicted molar refractivity (Wildman–Crippen MR) is 79.7 cm³/mol. The number of aromatic nitrogens is 3. The number of amides is 1. The van der Waals surface area contributed by atoms with Crippen molar-refractivity contribution in [2.75, 3.05) is 0 Å². The van der Waals surface area contributed by atoms with Crippen molar-refractivity contribution in [2.24, 2.45) is 0 Å². The van der Waals surface area contributed by atoms with Gasteiger partial charge in [0.2, 0.25) is 5.91 Å². The highest BCUT2D eigenvalue weighted by molar-refractivity contribution is 5.76. The van der Waals surface area contributed by atoms with Crippen molar-refractivity contribution >= 4 is 5.91 Å². The highest BCUT2D eigenvalue weighted by Crippen LogP contribution is 2.13. The standard InChI is InChI=1S/C16H20N4O/c21-16(6-3-5-13-4-1-2-9-17-13)19-14-7-8-15-18-10-11-20(15)12-14/h1-2,4,9-11,14H,3,5-8,12H2,(H,19,21). The normalized spacial score (nSPS) is 17.2. The van der Waals surface area contributed by atoms with E-state index in [4.69, 9.17) is 0 Å². The van der Waals surface area contributed by atoms with Crippen LogP contribution in [0.25, 0.3) is 0 Å². The smallest absolute Gasteiger partial charge is 0.220 e. The van der Waals surface area contributed by atoms with Crippen LogP contribution in [-0.4, -0.2) is 26.5 Å². The number of hydrogen-bond acceptors (Lipinski definition) is 3. The minimum atomic E-state index is 0.138. The third kappa shape index (κ3) is 3.68. The molecule has 0 radical (unpaired) electrons. The Morgan fingerprint density at radius 2 is 2.29 bits per heavy atom. The van der Waals surface area contributed by atoms with Gasteiger partial charge in [-0.05, 0) is 31.4 Å². The van der Waals surface area contributed by atoms with Crippen LogP contribution in [-0.2, 0) is 24.2 Å². The fourth-order valence-electron chi connectivity index (χ4n) is 2.76. The molecule has 5 heteroatoms. The van der Waals surface area contributed by atoms with Crippen LogP contribution in [0.5, 0.6) is 0 Å². The van der Waals surface area contributed by atoms with E-state index in [-0.39, 0.29) is 11.9 Å². The van der Waals surface area contributed by atoms with E-state index >= 15 is 0 Å². The molecule has 3 rings (SSSR count). The maximum Gasteiger partial charge on any atom is 0.220 e. The van der Waals surface area contributed by atoms with Crippen LogP contribution >= 0.6 is 0 Å². The molecule has 5 nitrogen and oxygen atoms in total. The summed E-state index contributed by atoms with van der Waals surface area (Å²) in [5, 5.41) is 3.13. The van der Waals surface area contributed by atoms with Gasteiger partial charge in [0.05, 0.1) is 0 Å². The minimum absolute atomic E-state index is 0.138. The molecule has 0 aliphatic carbocycles. The molecular weight excluding hydrogens is 264 g/mol. The van der Waals surface area contributed by atoms with Crippen molar-refractivity contribution in [1.29, 1.82) is 0 Å². The van der Waals surface area contributed by atoms with E-state index in [0.29, 0.717) is 6.42 Å². The molecular formula is C16H20N4O. The molecule has 2 aromatic rings. The summed E-state index contributed by atoms with van der Waals surface area (Å²) >= 11 is 0. The van der Waals surface area contributed by atoms with Crippen molar-refractivity contribution in [3.63, 3.8) is 0 Å². The summed E-state index contributed by atoms with van der Waals surface area (Å²) in [5.74, 6) is 1.26. The monoisotopic (exact) mass is 284 g/mol. The number of imidazole rings is 1. The first kappa shape index (κ1) is 13.8. The zero-order valence-electron chi connectivity index (χ0n) is 12.0. The van der Waals surface area contributed by atoms with Crippen molar-refractivity contribution in [3.05, 3.63) is 48.3 Å². The molecule has 1 atom stereocenters. The van der Waals surface area contributed by atoms with Crippen molar-refractivity contribution < 1.29 is 4.79 Å². The van der Waals surface area contributed by atoms with Crippen LogP contribution in [0.15, 0.2) is 36.8 Å². The van der Waals surface area contributed by atoms with E-state index in [0.717, 1.165) is 43.7 Å². The zero-order valence-corrected chi connectivity index (χ0v) is 12.0. The Kier molecular flexibility index (Phi) is 4.28. The Balaban J connectivity index is 1.41. The molecule has 1 aliphatic heterocycles. The topological polar surface area (TPSA) is 59.8 Å². The van der Waals surface area contributed by atoms with Gasteiger partial charge in [-0.25, -0.2) is 4.98 Å². The lowest BCUT2D eigenvalue weighted by Gasteiger charge is -2.24. The first-order chi connectivity index (χ1) is 10.3. The molecule has 0 fully saturated rings. The number of nitrogens with zero attached hydrogens (tertiary/aromatic N) is 3. The average Bonchev–Trinajstić information content (AvgIpc) is 2.96. The Morgan fingerprint density at radius 1 is 1.33 bits per heavy atom. The summed E-state index contributed by atoms with van der Waals surface area (Å²) in [6.07, 6.45) is 9.76. The van der Waals surface area contributed by atoms with E-state index < -0.39 is 0 Å². The summed E-state index contributed by atoms with van der Waals surface area (Å²) in [5.41, 5.74) is 1.05. The molecule has 21 heavy (non-hydrogen) atoms. The Bertz CT molecular complexity index is 593. The van der Waals surface area contributed by atoms with Gasteiger partial charge in [-0.15, -0.1) is 0 Å². The second-order valence-electron chi connectivity index (χ2n) is 5.47. The molecule has 3 heterocycles. The van der Waals surface area contributed by atoms with Crippen molar-refractivity contribution in [3.8, 4) is 0 Å².